The van der Waals surface area contributed by atoms with Crippen molar-refractivity contribution in [3.05, 3.63) is 18.0 Å². The maximum absolute atomic E-state index is 5.93. The Kier molecular flexibility index (Phi) is 3.96. The molecule has 2 rings (SSSR count). The van der Waals surface area contributed by atoms with E-state index in [0.29, 0.717) is 6.04 Å². The number of nitrogens with two attached hydrogens (primary N) is 1. The van der Waals surface area contributed by atoms with Crippen LogP contribution >= 0.6 is 0 Å². The molecule has 1 aliphatic heterocycles. The van der Waals surface area contributed by atoms with Crippen molar-refractivity contribution in [1.82, 2.24) is 9.78 Å². The molecule has 2 N–H and O–H groups in total. The lowest BCUT2D eigenvalue weighted by Crippen LogP contribution is -2.22. The predicted octanol–water partition coefficient (Wildman–Crippen LogP) is 1.51. The van der Waals surface area contributed by atoms with Crippen LogP contribution < -0.4 is 5.73 Å². The number of ether oxygens (including phenoxy) is 1. The van der Waals surface area contributed by atoms with Crippen molar-refractivity contribution in [2.75, 3.05) is 13.2 Å². The van der Waals surface area contributed by atoms with Gasteiger partial charge in [0.05, 0.1) is 18.8 Å². The van der Waals surface area contributed by atoms with Crippen molar-refractivity contribution in [2.24, 2.45) is 5.73 Å². The topological polar surface area (TPSA) is 53.1 Å². The standard InChI is InChI=1S/C12H21N3O/c1-2-11(13)6-10-7-14-15(8-10)12-4-3-5-16-9-12/h7-8,11-12H,2-6,9,13H2,1H3. The predicted molar refractivity (Wildman–Crippen MR) is 63.3 cm³/mol. The molecular weight excluding hydrogens is 202 g/mol. The summed E-state index contributed by atoms with van der Waals surface area (Å²) >= 11 is 0. The van der Waals surface area contributed by atoms with E-state index in [-0.39, 0.29) is 6.04 Å². The minimum Gasteiger partial charge on any atom is -0.379 e. The minimum absolute atomic E-state index is 0.250. The van der Waals surface area contributed by atoms with Crippen LogP contribution in [0.4, 0.5) is 0 Å². The zero-order chi connectivity index (χ0) is 11.4. The van der Waals surface area contributed by atoms with E-state index in [4.69, 9.17) is 10.5 Å². The normalized spacial score (nSPS) is 23.2. The summed E-state index contributed by atoms with van der Waals surface area (Å²) in [7, 11) is 0. The summed E-state index contributed by atoms with van der Waals surface area (Å²) in [5.74, 6) is 0. The number of nitrogens with zero attached hydrogens (tertiary/aromatic N) is 2. The number of hydrogen-bond donors (Lipinski definition) is 1. The average molecular weight is 223 g/mol. The van der Waals surface area contributed by atoms with Gasteiger partial charge in [0.15, 0.2) is 0 Å². The fourth-order valence-corrected chi connectivity index (χ4v) is 2.06. The molecule has 2 atom stereocenters. The van der Waals surface area contributed by atoms with Crippen LogP contribution in [0.5, 0.6) is 0 Å². The highest BCUT2D eigenvalue weighted by Gasteiger charge is 2.16. The summed E-state index contributed by atoms with van der Waals surface area (Å²) in [6.45, 7) is 3.80. The van der Waals surface area contributed by atoms with Crippen LogP contribution in [0.15, 0.2) is 12.4 Å². The van der Waals surface area contributed by atoms with Crippen molar-refractivity contribution in [3.8, 4) is 0 Å². The van der Waals surface area contributed by atoms with Crippen LogP contribution in [0, 0.1) is 0 Å². The molecule has 0 aliphatic carbocycles. The van der Waals surface area contributed by atoms with E-state index >= 15 is 0 Å². The van der Waals surface area contributed by atoms with E-state index < -0.39 is 0 Å². The molecular formula is C12H21N3O. The molecule has 0 amide bonds. The summed E-state index contributed by atoms with van der Waals surface area (Å²) in [4.78, 5) is 0. The number of rotatable bonds is 4. The number of aromatic nitrogens is 2. The molecule has 0 spiro atoms. The highest BCUT2D eigenvalue weighted by atomic mass is 16.5. The van der Waals surface area contributed by atoms with Crippen molar-refractivity contribution in [3.63, 3.8) is 0 Å². The Morgan fingerprint density at radius 2 is 2.56 bits per heavy atom. The maximum atomic E-state index is 5.93. The van der Waals surface area contributed by atoms with E-state index in [2.05, 4.69) is 18.2 Å². The lowest BCUT2D eigenvalue weighted by atomic mass is 10.1. The van der Waals surface area contributed by atoms with Crippen molar-refractivity contribution >= 4 is 0 Å². The van der Waals surface area contributed by atoms with Crippen molar-refractivity contribution in [2.45, 2.75) is 44.7 Å². The number of hydrogen-bond acceptors (Lipinski definition) is 3. The Labute approximate surface area is 96.8 Å². The van der Waals surface area contributed by atoms with Gasteiger partial charge in [-0.3, -0.25) is 4.68 Å². The third-order valence-electron chi connectivity index (χ3n) is 3.19. The second kappa shape index (κ2) is 5.46. The van der Waals surface area contributed by atoms with Crippen molar-refractivity contribution < 1.29 is 4.74 Å². The summed E-state index contributed by atoms with van der Waals surface area (Å²) < 4.78 is 7.50. The van der Waals surface area contributed by atoms with E-state index in [1.807, 2.05) is 10.9 Å². The third kappa shape index (κ3) is 2.83. The maximum Gasteiger partial charge on any atom is 0.0753 e. The first-order chi connectivity index (χ1) is 7.79. The van der Waals surface area contributed by atoms with Gasteiger partial charge in [-0.1, -0.05) is 6.92 Å². The molecule has 1 aromatic rings. The molecule has 1 aliphatic rings. The van der Waals surface area contributed by atoms with Gasteiger partial charge < -0.3 is 10.5 Å². The molecule has 0 saturated carbocycles. The smallest absolute Gasteiger partial charge is 0.0753 e. The Morgan fingerprint density at radius 1 is 1.69 bits per heavy atom. The average Bonchev–Trinajstić information content (AvgIpc) is 2.78. The van der Waals surface area contributed by atoms with Gasteiger partial charge >= 0.3 is 0 Å². The second-order valence-corrected chi connectivity index (χ2v) is 4.57. The molecule has 16 heavy (non-hydrogen) atoms. The molecule has 1 saturated heterocycles. The van der Waals surface area contributed by atoms with E-state index in [1.165, 1.54) is 12.0 Å². The molecule has 0 radical (unpaired) electrons. The fraction of sp³-hybridized carbons (Fsp3) is 0.750. The fourth-order valence-electron chi connectivity index (χ4n) is 2.06. The Hall–Kier alpha value is -0.870. The Morgan fingerprint density at radius 3 is 3.25 bits per heavy atom. The lowest BCUT2D eigenvalue weighted by Gasteiger charge is -2.22. The van der Waals surface area contributed by atoms with E-state index in [1.54, 1.807) is 0 Å². The van der Waals surface area contributed by atoms with Crippen LogP contribution in [-0.2, 0) is 11.2 Å². The molecule has 0 bridgehead atoms. The molecule has 1 fully saturated rings. The first-order valence-electron chi connectivity index (χ1n) is 6.16. The minimum atomic E-state index is 0.250. The quantitative estimate of drug-likeness (QED) is 0.842. The van der Waals surface area contributed by atoms with Crippen LogP contribution in [0.3, 0.4) is 0 Å². The molecule has 2 heterocycles. The molecule has 90 valence electrons. The Balaban J connectivity index is 1.95. The molecule has 4 nitrogen and oxygen atoms in total. The van der Waals surface area contributed by atoms with Gasteiger partial charge in [-0.2, -0.15) is 5.10 Å². The van der Waals surface area contributed by atoms with Crippen molar-refractivity contribution in [1.29, 1.82) is 0 Å². The summed E-state index contributed by atoms with van der Waals surface area (Å²) in [6.07, 6.45) is 8.29. The summed E-state index contributed by atoms with van der Waals surface area (Å²) in [6, 6.07) is 0.667. The van der Waals surface area contributed by atoms with Crippen LogP contribution in [0.25, 0.3) is 0 Å². The van der Waals surface area contributed by atoms with Gasteiger partial charge in [0.1, 0.15) is 0 Å². The highest BCUT2D eigenvalue weighted by Crippen LogP contribution is 2.19. The van der Waals surface area contributed by atoms with Crippen LogP contribution in [0.2, 0.25) is 0 Å². The van der Waals surface area contributed by atoms with Gasteiger partial charge in [-0.25, -0.2) is 0 Å². The summed E-state index contributed by atoms with van der Waals surface area (Å²) in [5.41, 5.74) is 7.17. The van der Waals surface area contributed by atoms with Crippen LogP contribution in [0.1, 0.15) is 37.8 Å². The zero-order valence-corrected chi connectivity index (χ0v) is 9.93. The van der Waals surface area contributed by atoms with E-state index in [9.17, 15) is 0 Å². The molecule has 2 unspecified atom stereocenters. The second-order valence-electron chi connectivity index (χ2n) is 4.57. The SMILES string of the molecule is CCC(N)Cc1cnn(C2CCCOC2)c1. The van der Waals surface area contributed by atoms with Gasteiger partial charge in [-0.15, -0.1) is 0 Å². The first kappa shape index (κ1) is 11.6. The van der Waals surface area contributed by atoms with Crippen LogP contribution in [-0.4, -0.2) is 29.0 Å². The van der Waals surface area contributed by atoms with Gasteiger partial charge in [0, 0.05) is 18.8 Å². The largest absolute Gasteiger partial charge is 0.379 e. The Bertz CT molecular complexity index is 318. The van der Waals surface area contributed by atoms with Gasteiger partial charge in [0.2, 0.25) is 0 Å². The molecule has 1 aromatic heterocycles. The summed E-state index contributed by atoms with van der Waals surface area (Å²) in [5, 5.41) is 4.41. The molecule has 4 heteroatoms. The third-order valence-corrected chi connectivity index (χ3v) is 3.19. The van der Waals surface area contributed by atoms with Gasteiger partial charge in [0.25, 0.3) is 0 Å². The highest BCUT2D eigenvalue weighted by molar-refractivity contribution is 5.06. The van der Waals surface area contributed by atoms with Gasteiger partial charge in [-0.05, 0) is 31.2 Å². The zero-order valence-electron chi connectivity index (χ0n) is 9.93. The monoisotopic (exact) mass is 223 g/mol. The first-order valence-corrected chi connectivity index (χ1v) is 6.16. The molecule has 0 aromatic carbocycles. The lowest BCUT2D eigenvalue weighted by molar-refractivity contribution is 0.0549. The van der Waals surface area contributed by atoms with E-state index in [0.717, 1.165) is 32.5 Å².